The Morgan fingerprint density at radius 3 is 1.85 bits per heavy atom. The molecule has 3 aromatic rings. The summed E-state index contributed by atoms with van der Waals surface area (Å²) in [5.74, 6) is -5.55. The number of nitrogens with one attached hydrogen (secondary N) is 4. The van der Waals surface area contributed by atoms with Crippen molar-refractivity contribution >= 4 is 35.3 Å². The summed E-state index contributed by atoms with van der Waals surface area (Å²) in [7, 11) is 0. The number of halogens is 1. The van der Waals surface area contributed by atoms with Crippen LogP contribution in [0.1, 0.15) is 37.5 Å². The zero-order valence-corrected chi connectivity index (χ0v) is 25.8. The van der Waals surface area contributed by atoms with Crippen LogP contribution in [0.2, 0.25) is 0 Å². The lowest BCUT2D eigenvalue weighted by molar-refractivity contribution is -0.141. The number of primary amides is 1. The van der Waals surface area contributed by atoms with Gasteiger partial charge in [0.15, 0.2) is 0 Å². The first kappa shape index (κ1) is 35.1. The first-order valence-electron chi connectivity index (χ1n) is 14.6. The van der Waals surface area contributed by atoms with Crippen molar-refractivity contribution in [1.29, 1.82) is 0 Å². The highest BCUT2D eigenvalue weighted by Gasteiger charge is 2.34. The summed E-state index contributed by atoms with van der Waals surface area (Å²) in [5, 5.41) is 9.97. The van der Waals surface area contributed by atoms with Crippen LogP contribution >= 0.6 is 0 Å². The predicted molar refractivity (Wildman–Crippen MR) is 168 cm³/mol. The number of amides is 5. The van der Waals surface area contributed by atoms with Gasteiger partial charge in [0.2, 0.25) is 29.4 Å². The van der Waals surface area contributed by atoms with E-state index in [1.165, 1.54) is 39.0 Å². The smallest absolute Gasteiger partial charge is 0.290 e. The lowest BCUT2D eigenvalue weighted by Gasteiger charge is -2.26. The average Bonchev–Trinajstić information content (AvgIpc) is 3.00. The molecule has 46 heavy (non-hydrogen) atoms. The molecule has 0 radical (unpaired) electrons. The van der Waals surface area contributed by atoms with Crippen molar-refractivity contribution in [3.05, 3.63) is 107 Å². The van der Waals surface area contributed by atoms with Gasteiger partial charge in [-0.1, -0.05) is 72.8 Å². The van der Waals surface area contributed by atoms with Gasteiger partial charge < -0.3 is 27.0 Å². The lowest BCUT2D eigenvalue weighted by atomic mass is 10.0. The average molecular weight is 632 g/mol. The molecule has 0 heterocycles. The van der Waals surface area contributed by atoms with Crippen molar-refractivity contribution in [1.82, 2.24) is 21.3 Å². The van der Waals surface area contributed by atoms with Crippen LogP contribution in [0, 0.1) is 5.82 Å². The number of rotatable bonds is 15. The third kappa shape index (κ3) is 10.7. The molecule has 6 N–H and O–H groups in total. The monoisotopic (exact) mass is 631 g/mol. The Labute approximate surface area is 266 Å². The molecule has 0 saturated heterocycles. The Balaban J connectivity index is 1.73. The van der Waals surface area contributed by atoms with E-state index in [1.807, 2.05) is 0 Å². The molecule has 0 aliphatic rings. The SMILES string of the molecule is CC(NC(=O)[C@H](Cc1cccc(F)c1)NC(=O)Cc1ccccc1)C(=O)C(=O)N[C@@H](Cc1ccccc1)C(=O)NC(C)(C)C(N)=O. The molecule has 12 heteroatoms. The summed E-state index contributed by atoms with van der Waals surface area (Å²) in [6.45, 7) is 4.08. The first-order chi connectivity index (χ1) is 21.7. The zero-order valence-electron chi connectivity index (χ0n) is 25.8. The first-order valence-corrected chi connectivity index (χ1v) is 14.6. The van der Waals surface area contributed by atoms with Gasteiger partial charge in [-0.3, -0.25) is 28.8 Å². The molecule has 242 valence electrons. The minimum atomic E-state index is -1.44. The molecular weight excluding hydrogens is 593 g/mol. The Bertz CT molecular complexity index is 1560. The fourth-order valence-corrected chi connectivity index (χ4v) is 4.46. The number of benzene rings is 3. The van der Waals surface area contributed by atoms with Crippen molar-refractivity contribution < 1.29 is 33.2 Å². The standard InChI is InChI=1S/C34H38FN5O6/c1-21(29(42)32(45)39-27(18-22-11-6-4-7-12-22)31(44)40-34(2,3)33(36)46)37-30(43)26(19-24-15-10-16-25(35)17-24)38-28(41)20-23-13-8-5-9-14-23/h4-17,21,26-27H,18-20H2,1-3H3,(H2,36,46)(H,37,43)(H,38,41)(H,39,45)(H,40,44)/t21?,26-,27-/m0/s1. The molecule has 3 aromatic carbocycles. The normalized spacial score (nSPS) is 13.0. The molecular formula is C34H38FN5O6. The minimum Gasteiger partial charge on any atom is -0.368 e. The van der Waals surface area contributed by atoms with E-state index in [0.29, 0.717) is 16.7 Å². The molecule has 0 aliphatic carbocycles. The van der Waals surface area contributed by atoms with Crippen LogP contribution in [0.3, 0.4) is 0 Å². The van der Waals surface area contributed by atoms with E-state index in [2.05, 4.69) is 21.3 Å². The summed E-state index contributed by atoms with van der Waals surface area (Å²) in [6.07, 6.45) is -0.126. The van der Waals surface area contributed by atoms with Gasteiger partial charge in [-0.05, 0) is 49.6 Å². The van der Waals surface area contributed by atoms with Gasteiger partial charge in [-0.2, -0.15) is 0 Å². The van der Waals surface area contributed by atoms with Crippen molar-refractivity contribution in [3.63, 3.8) is 0 Å². The molecule has 3 rings (SSSR count). The third-order valence-electron chi connectivity index (χ3n) is 7.12. The number of carbonyl (C=O) groups excluding carboxylic acids is 6. The summed E-state index contributed by atoms with van der Waals surface area (Å²) in [4.78, 5) is 77.2. The molecule has 0 spiro atoms. The molecule has 0 aromatic heterocycles. The molecule has 5 amide bonds. The van der Waals surface area contributed by atoms with E-state index in [0.717, 1.165) is 0 Å². The fraction of sp³-hybridized carbons (Fsp3) is 0.294. The largest absolute Gasteiger partial charge is 0.368 e. The predicted octanol–water partition coefficient (Wildman–Crippen LogP) is 1.28. The Kier molecular flexibility index (Phi) is 12.3. The Morgan fingerprint density at radius 1 is 0.717 bits per heavy atom. The van der Waals surface area contributed by atoms with Crippen LogP contribution in [0.5, 0.6) is 0 Å². The summed E-state index contributed by atoms with van der Waals surface area (Å²) in [6, 6.07) is 19.2. The number of carbonyl (C=O) groups is 6. The topological polar surface area (TPSA) is 177 Å². The highest BCUT2D eigenvalue weighted by atomic mass is 19.1. The highest BCUT2D eigenvalue weighted by Crippen LogP contribution is 2.10. The molecule has 1 unspecified atom stereocenters. The Hall–Kier alpha value is -5.39. The van der Waals surface area contributed by atoms with Crippen molar-refractivity contribution in [2.45, 2.75) is 63.7 Å². The van der Waals surface area contributed by atoms with Crippen LogP contribution in [0.15, 0.2) is 84.9 Å². The molecule has 0 saturated carbocycles. The maximum atomic E-state index is 13.9. The van der Waals surface area contributed by atoms with E-state index in [1.54, 1.807) is 66.7 Å². The quantitative estimate of drug-likeness (QED) is 0.158. The minimum absolute atomic E-state index is 0.00949. The second kappa shape index (κ2) is 16.1. The van der Waals surface area contributed by atoms with E-state index in [4.69, 9.17) is 5.73 Å². The van der Waals surface area contributed by atoms with Crippen molar-refractivity contribution in [2.75, 3.05) is 0 Å². The Morgan fingerprint density at radius 2 is 1.26 bits per heavy atom. The van der Waals surface area contributed by atoms with Crippen LogP contribution in [0.25, 0.3) is 0 Å². The second-order valence-corrected chi connectivity index (χ2v) is 11.4. The third-order valence-corrected chi connectivity index (χ3v) is 7.12. The number of ketones is 1. The summed E-state index contributed by atoms with van der Waals surface area (Å²) < 4.78 is 13.9. The highest BCUT2D eigenvalue weighted by molar-refractivity contribution is 6.38. The number of hydrogen-bond donors (Lipinski definition) is 5. The summed E-state index contributed by atoms with van der Waals surface area (Å²) in [5.41, 5.74) is 5.73. The van der Waals surface area contributed by atoms with Crippen molar-refractivity contribution in [2.24, 2.45) is 5.73 Å². The van der Waals surface area contributed by atoms with E-state index in [9.17, 15) is 33.2 Å². The van der Waals surface area contributed by atoms with Gasteiger partial charge in [0.05, 0.1) is 12.5 Å². The fourth-order valence-electron chi connectivity index (χ4n) is 4.46. The molecule has 0 aliphatic heterocycles. The van der Waals surface area contributed by atoms with Gasteiger partial charge in [0.1, 0.15) is 23.4 Å². The van der Waals surface area contributed by atoms with Gasteiger partial charge in [-0.25, -0.2) is 4.39 Å². The zero-order chi connectivity index (χ0) is 33.9. The van der Waals surface area contributed by atoms with Crippen LogP contribution in [-0.4, -0.2) is 59.0 Å². The van der Waals surface area contributed by atoms with Crippen LogP contribution < -0.4 is 27.0 Å². The van der Waals surface area contributed by atoms with E-state index >= 15 is 0 Å². The number of hydrogen-bond acceptors (Lipinski definition) is 6. The maximum Gasteiger partial charge on any atom is 0.290 e. The van der Waals surface area contributed by atoms with Crippen LogP contribution in [-0.2, 0) is 48.0 Å². The van der Waals surface area contributed by atoms with Gasteiger partial charge >= 0.3 is 0 Å². The second-order valence-electron chi connectivity index (χ2n) is 11.4. The maximum absolute atomic E-state index is 13.9. The molecule has 3 atom stereocenters. The number of Topliss-reactive ketones (excluding diaryl/α,β-unsaturated/α-hetero) is 1. The van der Waals surface area contributed by atoms with E-state index in [-0.39, 0.29) is 19.3 Å². The lowest BCUT2D eigenvalue weighted by Crippen LogP contribution is -2.60. The molecule has 11 nitrogen and oxygen atoms in total. The molecule has 0 fully saturated rings. The van der Waals surface area contributed by atoms with Gasteiger partial charge in [-0.15, -0.1) is 0 Å². The molecule has 0 bridgehead atoms. The van der Waals surface area contributed by atoms with Gasteiger partial charge in [0, 0.05) is 12.8 Å². The number of nitrogens with two attached hydrogens (primary N) is 1. The van der Waals surface area contributed by atoms with Gasteiger partial charge in [0.25, 0.3) is 5.91 Å². The summed E-state index contributed by atoms with van der Waals surface area (Å²) >= 11 is 0. The van der Waals surface area contributed by atoms with Crippen LogP contribution in [0.4, 0.5) is 4.39 Å². The van der Waals surface area contributed by atoms with E-state index < -0.39 is 64.8 Å². The van der Waals surface area contributed by atoms with Crippen molar-refractivity contribution in [3.8, 4) is 0 Å².